The van der Waals surface area contributed by atoms with Crippen molar-refractivity contribution in [2.75, 3.05) is 36.4 Å². The van der Waals surface area contributed by atoms with Gasteiger partial charge in [-0.05, 0) is 64.2 Å². The van der Waals surface area contributed by atoms with E-state index in [0.717, 1.165) is 37.3 Å². The van der Waals surface area contributed by atoms with E-state index >= 15 is 0 Å². The molecule has 1 heterocycles. The molecule has 1 aromatic rings. The van der Waals surface area contributed by atoms with E-state index in [4.69, 9.17) is 0 Å². The van der Waals surface area contributed by atoms with Crippen LogP contribution in [0.2, 0.25) is 0 Å². The summed E-state index contributed by atoms with van der Waals surface area (Å²) < 4.78 is 0. The monoisotopic (exact) mass is 343 g/mol. The normalized spacial score (nSPS) is 17.3. The summed E-state index contributed by atoms with van der Waals surface area (Å²) in [6.07, 6.45) is 5.54. The second-order valence-electron chi connectivity index (χ2n) is 7.02. The van der Waals surface area contributed by atoms with Crippen molar-refractivity contribution in [3.8, 4) is 0 Å². The first-order valence-corrected chi connectivity index (χ1v) is 9.63. The molecule has 1 saturated carbocycles. The largest absolute Gasteiger partial charge is 0.371 e. The predicted octanol–water partition coefficient (Wildman–Crippen LogP) is 3.51. The van der Waals surface area contributed by atoms with Crippen molar-refractivity contribution < 1.29 is 9.59 Å². The Labute approximate surface area is 150 Å². The number of anilines is 2. The van der Waals surface area contributed by atoms with E-state index in [1.165, 1.54) is 19.3 Å². The molecule has 0 unspecified atom stereocenters. The van der Waals surface area contributed by atoms with Crippen LogP contribution in [0.5, 0.6) is 0 Å². The van der Waals surface area contributed by atoms with Crippen LogP contribution in [-0.2, 0) is 4.79 Å². The summed E-state index contributed by atoms with van der Waals surface area (Å²) in [5.74, 6) is 0.281. The third-order valence-corrected chi connectivity index (χ3v) is 5.19. The number of benzene rings is 1. The molecule has 0 bridgehead atoms. The second-order valence-corrected chi connectivity index (χ2v) is 7.02. The van der Waals surface area contributed by atoms with E-state index < -0.39 is 0 Å². The van der Waals surface area contributed by atoms with Gasteiger partial charge in [-0.2, -0.15) is 0 Å². The molecular formula is C20H29N3O2. The molecule has 2 fully saturated rings. The van der Waals surface area contributed by atoms with Gasteiger partial charge in [0, 0.05) is 43.5 Å². The lowest BCUT2D eigenvalue weighted by Gasteiger charge is -2.31. The Morgan fingerprint density at radius 1 is 1.12 bits per heavy atom. The molecule has 0 aromatic heterocycles. The lowest BCUT2D eigenvalue weighted by molar-refractivity contribution is -0.117. The van der Waals surface area contributed by atoms with Crippen LogP contribution in [0.25, 0.3) is 0 Å². The minimum Gasteiger partial charge on any atom is -0.371 e. The number of hydrogen-bond acceptors (Lipinski definition) is 3. The van der Waals surface area contributed by atoms with Gasteiger partial charge >= 0.3 is 0 Å². The van der Waals surface area contributed by atoms with Crippen molar-refractivity contribution in [2.45, 2.75) is 46.0 Å². The van der Waals surface area contributed by atoms with Crippen LogP contribution in [-0.4, -0.2) is 42.9 Å². The molecule has 5 nitrogen and oxygen atoms in total. The topological polar surface area (TPSA) is 52.7 Å². The zero-order chi connectivity index (χ0) is 17.8. The quantitative estimate of drug-likeness (QED) is 0.860. The van der Waals surface area contributed by atoms with E-state index in [9.17, 15) is 9.59 Å². The fourth-order valence-electron chi connectivity index (χ4n) is 3.47. The number of carbonyl (C=O) groups is 2. The summed E-state index contributed by atoms with van der Waals surface area (Å²) in [5, 5.41) is 2.98. The van der Waals surface area contributed by atoms with Gasteiger partial charge < -0.3 is 15.1 Å². The van der Waals surface area contributed by atoms with Crippen molar-refractivity contribution in [3.05, 3.63) is 23.8 Å². The number of nitrogens with one attached hydrogen (secondary N) is 1. The molecule has 136 valence electrons. The Morgan fingerprint density at radius 2 is 1.80 bits per heavy atom. The molecule has 3 rings (SSSR count). The number of piperidine rings is 1. The van der Waals surface area contributed by atoms with Gasteiger partial charge in [-0.3, -0.25) is 9.59 Å². The number of nitrogens with zero attached hydrogens (tertiary/aromatic N) is 2. The van der Waals surface area contributed by atoms with Crippen LogP contribution >= 0.6 is 0 Å². The molecule has 1 saturated heterocycles. The minimum absolute atomic E-state index is 0.0492. The highest BCUT2D eigenvalue weighted by atomic mass is 16.2. The predicted molar refractivity (Wildman–Crippen MR) is 101 cm³/mol. The zero-order valence-corrected chi connectivity index (χ0v) is 15.4. The highest BCUT2D eigenvalue weighted by Crippen LogP contribution is 2.32. The maximum absolute atomic E-state index is 13.0. The van der Waals surface area contributed by atoms with Gasteiger partial charge in [-0.15, -0.1) is 0 Å². The molecule has 1 aliphatic carbocycles. The Hall–Kier alpha value is -2.04. The number of hydrogen-bond donors (Lipinski definition) is 1. The summed E-state index contributed by atoms with van der Waals surface area (Å²) in [4.78, 5) is 29.3. The fourth-order valence-corrected chi connectivity index (χ4v) is 3.47. The highest BCUT2D eigenvalue weighted by Gasteiger charge is 2.30. The second kappa shape index (κ2) is 7.89. The molecule has 1 aromatic carbocycles. The van der Waals surface area contributed by atoms with Crippen LogP contribution in [0.15, 0.2) is 18.2 Å². The Morgan fingerprint density at radius 3 is 2.40 bits per heavy atom. The van der Waals surface area contributed by atoms with Gasteiger partial charge in [0.05, 0.1) is 5.56 Å². The summed E-state index contributed by atoms with van der Waals surface area (Å²) in [7, 11) is 0. The molecule has 1 aliphatic heterocycles. The first-order valence-electron chi connectivity index (χ1n) is 9.63. The van der Waals surface area contributed by atoms with Gasteiger partial charge in [0.15, 0.2) is 0 Å². The van der Waals surface area contributed by atoms with E-state index in [0.29, 0.717) is 18.7 Å². The molecule has 0 atom stereocenters. The summed E-state index contributed by atoms with van der Waals surface area (Å²) in [6.45, 7) is 7.36. The van der Waals surface area contributed by atoms with Crippen LogP contribution in [0.1, 0.15) is 56.3 Å². The van der Waals surface area contributed by atoms with Crippen molar-refractivity contribution in [3.63, 3.8) is 0 Å². The smallest absolute Gasteiger partial charge is 0.256 e. The highest BCUT2D eigenvalue weighted by molar-refractivity contribution is 6.02. The maximum atomic E-state index is 13.0. The van der Waals surface area contributed by atoms with E-state index in [2.05, 4.69) is 10.2 Å². The van der Waals surface area contributed by atoms with Gasteiger partial charge in [0.25, 0.3) is 5.91 Å². The SMILES string of the molecule is CCN(CC)C(=O)c1cc(NC(=O)C2CC2)ccc1N1CCCCC1. The standard InChI is InChI=1S/C20H29N3O2/c1-3-22(4-2)20(25)17-14-16(21-19(24)15-8-9-15)10-11-18(17)23-12-6-5-7-13-23/h10-11,14-15H,3-9,12-13H2,1-2H3,(H,21,24). The van der Waals surface area contributed by atoms with Gasteiger partial charge in [0.1, 0.15) is 0 Å². The molecule has 5 heteroatoms. The third kappa shape index (κ3) is 4.14. The fraction of sp³-hybridized carbons (Fsp3) is 0.600. The van der Waals surface area contributed by atoms with Crippen LogP contribution in [0, 0.1) is 5.92 Å². The van der Waals surface area contributed by atoms with E-state index in [1.54, 1.807) is 0 Å². The van der Waals surface area contributed by atoms with Crippen molar-refractivity contribution in [1.82, 2.24) is 4.90 Å². The number of carbonyl (C=O) groups excluding carboxylic acids is 2. The zero-order valence-electron chi connectivity index (χ0n) is 15.4. The van der Waals surface area contributed by atoms with E-state index in [1.807, 2.05) is 36.9 Å². The maximum Gasteiger partial charge on any atom is 0.256 e. The molecule has 25 heavy (non-hydrogen) atoms. The average Bonchev–Trinajstić information content (AvgIpc) is 3.48. The lowest BCUT2D eigenvalue weighted by atomic mass is 10.0. The minimum atomic E-state index is 0.0492. The lowest BCUT2D eigenvalue weighted by Crippen LogP contribution is -2.35. The van der Waals surface area contributed by atoms with Crippen LogP contribution in [0.3, 0.4) is 0 Å². The first kappa shape index (κ1) is 17.8. The number of rotatable bonds is 6. The summed E-state index contributed by atoms with van der Waals surface area (Å²) >= 11 is 0. The molecule has 2 aliphatic rings. The Balaban J connectivity index is 1.89. The summed E-state index contributed by atoms with van der Waals surface area (Å²) in [5.41, 5.74) is 2.44. The van der Waals surface area contributed by atoms with Crippen molar-refractivity contribution >= 4 is 23.2 Å². The van der Waals surface area contributed by atoms with Crippen molar-refractivity contribution in [1.29, 1.82) is 0 Å². The molecule has 2 amide bonds. The van der Waals surface area contributed by atoms with Gasteiger partial charge in [-0.1, -0.05) is 0 Å². The van der Waals surface area contributed by atoms with Crippen LogP contribution < -0.4 is 10.2 Å². The molecule has 0 radical (unpaired) electrons. The third-order valence-electron chi connectivity index (χ3n) is 5.19. The molecule has 0 spiro atoms. The van der Waals surface area contributed by atoms with Gasteiger partial charge in [0.2, 0.25) is 5.91 Å². The first-order chi connectivity index (χ1) is 12.1. The Bertz CT molecular complexity index is 630. The van der Waals surface area contributed by atoms with Crippen LogP contribution in [0.4, 0.5) is 11.4 Å². The molecular weight excluding hydrogens is 314 g/mol. The van der Waals surface area contributed by atoms with Crippen molar-refractivity contribution in [2.24, 2.45) is 5.92 Å². The summed E-state index contributed by atoms with van der Waals surface area (Å²) in [6, 6.07) is 5.80. The Kier molecular flexibility index (Phi) is 5.61. The van der Waals surface area contributed by atoms with Gasteiger partial charge in [-0.25, -0.2) is 0 Å². The van der Waals surface area contributed by atoms with E-state index in [-0.39, 0.29) is 17.7 Å². The number of amides is 2. The molecule has 1 N–H and O–H groups in total. The average molecular weight is 343 g/mol.